The molecule has 0 atom stereocenters. The van der Waals surface area contributed by atoms with Crippen molar-refractivity contribution in [1.29, 1.82) is 0 Å². The summed E-state index contributed by atoms with van der Waals surface area (Å²) in [6, 6.07) is 9.95. The predicted octanol–water partition coefficient (Wildman–Crippen LogP) is 4.17. The standard InChI is InChI=1S/C11H11ClN2.C2H6/c1-8-3-5-10(6-4-8)14-11(12)7-9(2)13-14;1-2/h3-7H,1-2H3;1-2H3. The summed E-state index contributed by atoms with van der Waals surface area (Å²) in [4.78, 5) is 0. The molecule has 0 radical (unpaired) electrons. The number of hydrogen-bond acceptors (Lipinski definition) is 1. The van der Waals surface area contributed by atoms with E-state index in [2.05, 4.69) is 12.0 Å². The summed E-state index contributed by atoms with van der Waals surface area (Å²) in [7, 11) is 0. The lowest BCUT2D eigenvalue weighted by atomic mass is 10.2. The Balaban J connectivity index is 0.000000606. The van der Waals surface area contributed by atoms with Crippen LogP contribution in [0.4, 0.5) is 0 Å². The van der Waals surface area contributed by atoms with Crippen LogP contribution in [-0.4, -0.2) is 9.78 Å². The molecule has 16 heavy (non-hydrogen) atoms. The maximum absolute atomic E-state index is 6.02. The SMILES string of the molecule is CC.Cc1ccc(-n2nc(C)cc2Cl)cc1. The van der Waals surface area contributed by atoms with Crippen LogP contribution < -0.4 is 0 Å². The van der Waals surface area contributed by atoms with E-state index in [0.717, 1.165) is 11.4 Å². The molecular formula is C13H17ClN2. The van der Waals surface area contributed by atoms with Crippen molar-refractivity contribution >= 4 is 11.6 Å². The summed E-state index contributed by atoms with van der Waals surface area (Å²) in [5.41, 5.74) is 3.15. The van der Waals surface area contributed by atoms with Crippen LogP contribution in [0, 0.1) is 13.8 Å². The minimum Gasteiger partial charge on any atom is -0.222 e. The second kappa shape index (κ2) is 5.71. The number of aromatic nitrogens is 2. The number of rotatable bonds is 1. The molecule has 0 fully saturated rings. The Bertz CT molecular complexity index is 443. The van der Waals surface area contributed by atoms with E-state index in [1.54, 1.807) is 4.68 Å². The van der Waals surface area contributed by atoms with Crippen LogP contribution in [0.25, 0.3) is 5.69 Å². The fourth-order valence-electron chi connectivity index (χ4n) is 1.33. The molecule has 2 rings (SSSR count). The first-order valence-corrected chi connectivity index (χ1v) is 5.84. The fourth-order valence-corrected chi connectivity index (χ4v) is 1.63. The number of hydrogen-bond donors (Lipinski definition) is 0. The van der Waals surface area contributed by atoms with Crippen molar-refractivity contribution in [3.8, 4) is 5.69 Å². The van der Waals surface area contributed by atoms with E-state index in [9.17, 15) is 0 Å². The smallest absolute Gasteiger partial charge is 0.133 e. The molecule has 0 amide bonds. The first-order chi connectivity index (χ1) is 7.66. The maximum atomic E-state index is 6.02. The van der Waals surface area contributed by atoms with E-state index in [-0.39, 0.29) is 0 Å². The van der Waals surface area contributed by atoms with Crippen molar-refractivity contribution in [2.75, 3.05) is 0 Å². The van der Waals surface area contributed by atoms with Gasteiger partial charge in [0.15, 0.2) is 0 Å². The first-order valence-electron chi connectivity index (χ1n) is 5.46. The van der Waals surface area contributed by atoms with Gasteiger partial charge in [-0.2, -0.15) is 5.10 Å². The summed E-state index contributed by atoms with van der Waals surface area (Å²) in [5.74, 6) is 0. The fraction of sp³-hybridized carbons (Fsp3) is 0.308. The molecule has 1 heterocycles. The van der Waals surface area contributed by atoms with E-state index in [4.69, 9.17) is 11.6 Å². The zero-order chi connectivity index (χ0) is 12.1. The Kier molecular flexibility index (Phi) is 4.56. The third-order valence-electron chi connectivity index (χ3n) is 2.07. The van der Waals surface area contributed by atoms with Crippen LogP contribution >= 0.6 is 11.6 Å². The molecule has 0 saturated heterocycles. The van der Waals surface area contributed by atoms with Crippen molar-refractivity contribution < 1.29 is 0 Å². The average Bonchev–Trinajstić information content (AvgIpc) is 2.62. The lowest BCUT2D eigenvalue weighted by Crippen LogP contribution is -1.96. The van der Waals surface area contributed by atoms with Crippen molar-refractivity contribution in [3.63, 3.8) is 0 Å². The molecule has 0 aliphatic rings. The first kappa shape index (κ1) is 12.8. The van der Waals surface area contributed by atoms with Crippen LogP contribution in [0.1, 0.15) is 25.1 Å². The Labute approximate surface area is 102 Å². The quantitative estimate of drug-likeness (QED) is 0.727. The predicted molar refractivity (Wildman–Crippen MR) is 69.4 cm³/mol. The minimum absolute atomic E-state index is 0.645. The van der Waals surface area contributed by atoms with Crippen LogP contribution in [0.5, 0.6) is 0 Å². The Morgan fingerprint density at radius 2 is 1.62 bits per heavy atom. The molecule has 3 heteroatoms. The molecule has 0 aliphatic carbocycles. The van der Waals surface area contributed by atoms with Crippen molar-refractivity contribution in [2.24, 2.45) is 0 Å². The molecular weight excluding hydrogens is 220 g/mol. The number of benzene rings is 1. The van der Waals surface area contributed by atoms with Gasteiger partial charge in [0, 0.05) is 0 Å². The molecule has 0 aliphatic heterocycles. The summed E-state index contributed by atoms with van der Waals surface area (Å²) in [6.07, 6.45) is 0. The van der Waals surface area contributed by atoms with Gasteiger partial charge in [0.25, 0.3) is 0 Å². The van der Waals surface area contributed by atoms with E-state index >= 15 is 0 Å². The highest BCUT2D eigenvalue weighted by atomic mass is 35.5. The summed E-state index contributed by atoms with van der Waals surface area (Å²) >= 11 is 6.02. The highest BCUT2D eigenvalue weighted by molar-refractivity contribution is 6.29. The summed E-state index contributed by atoms with van der Waals surface area (Å²) in [6.45, 7) is 7.98. The van der Waals surface area contributed by atoms with Crippen LogP contribution in [0.15, 0.2) is 30.3 Å². The normalized spacial score (nSPS) is 9.56. The van der Waals surface area contributed by atoms with Gasteiger partial charge in [0.1, 0.15) is 5.15 Å². The lowest BCUT2D eigenvalue weighted by Gasteiger charge is -2.02. The average molecular weight is 237 g/mol. The molecule has 86 valence electrons. The Morgan fingerprint density at radius 1 is 1.06 bits per heavy atom. The minimum atomic E-state index is 0.645. The molecule has 0 N–H and O–H groups in total. The van der Waals surface area contributed by atoms with E-state index in [1.165, 1.54) is 5.56 Å². The van der Waals surface area contributed by atoms with Gasteiger partial charge in [-0.1, -0.05) is 43.1 Å². The van der Waals surface area contributed by atoms with Crippen LogP contribution in [0.3, 0.4) is 0 Å². The monoisotopic (exact) mass is 236 g/mol. The van der Waals surface area contributed by atoms with Gasteiger partial charge in [-0.05, 0) is 32.0 Å². The van der Waals surface area contributed by atoms with Gasteiger partial charge in [0.2, 0.25) is 0 Å². The molecule has 2 nitrogen and oxygen atoms in total. The van der Waals surface area contributed by atoms with Gasteiger partial charge in [-0.15, -0.1) is 0 Å². The van der Waals surface area contributed by atoms with Gasteiger partial charge in [-0.25, -0.2) is 4.68 Å². The second-order valence-electron chi connectivity index (χ2n) is 3.36. The molecule has 1 aromatic heterocycles. The van der Waals surface area contributed by atoms with Crippen LogP contribution in [-0.2, 0) is 0 Å². The van der Waals surface area contributed by atoms with Gasteiger partial charge in [-0.3, -0.25) is 0 Å². The number of aryl methyl sites for hydroxylation is 2. The van der Waals surface area contributed by atoms with E-state index in [1.807, 2.05) is 51.1 Å². The molecule has 1 aromatic carbocycles. The lowest BCUT2D eigenvalue weighted by molar-refractivity contribution is 0.863. The molecule has 0 bridgehead atoms. The Morgan fingerprint density at radius 3 is 2.06 bits per heavy atom. The molecule has 2 aromatic rings. The van der Waals surface area contributed by atoms with Crippen molar-refractivity contribution in [1.82, 2.24) is 9.78 Å². The van der Waals surface area contributed by atoms with E-state index < -0.39 is 0 Å². The largest absolute Gasteiger partial charge is 0.222 e. The summed E-state index contributed by atoms with van der Waals surface area (Å²) < 4.78 is 1.73. The van der Waals surface area contributed by atoms with E-state index in [0.29, 0.717) is 5.15 Å². The second-order valence-corrected chi connectivity index (χ2v) is 3.74. The molecule has 0 unspecified atom stereocenters. The van der Waals surface area contributed by atoms with Crippen LogP contribution in [0.2, 0.25) is 5.15 Å². The summed E-state index contributed by atoms with van der Waals surface area (Å²) in [5, 5.41) is 4.94. The highest BCUT2D eigenvalue weighted by Gasteiger charge is 2.03. The molecule has 0 saturated carbocycles. The zero-order valence-corrected chi connectivity index (χ0v) is 10.9. The zero-order valence-electron chi connectivity index (χ0n) is 10.2. The van der Waals surface area contributed by atoms with Gasteiger partial charge in [0.05, 0.1) is 11.4 Å². The Hall–Kier alpha value is -1.28. The maximum Gasteiger partial charge on any atom is 0.133 e. The molecule has 0 spiro atoms. The third-order valence-corrected chi connectivity index (χ3v) is 2.34. The van der Waals surface area contributed by atoms with Gasteiger partial charge >= 0.3 is 0 Å². The van der Waals surface area contributed by atoms with Crippen molar-refractivity contribution in [3.05, 3.63) is 46.7 Å². The number of nitrogens with zero attached hydrogens (tertiary/aromatic N) is 2. The highest BCUT2D eigenvalue weighted by Crippen LogP contribution is 2.17. The number of halogens is 1. The van der Waals surface area contributed by atoms with Gasteiger partial charge < -0.3 is 0 Å². The van der Waals surface area contributed by atoms with Crippen molar-refractivity contribution in [2.45, 2.75) is 27.7 Å². The third kappa shape index (κ3) is 2.86. The topological polar surface area (TPSA) is 17.8 Å².